The highest BCUT2D eigenvalue weighted by molar-refractivity contribution is 7.93. The molecule has 2 rings (SSSR count). The molecule has 0 fully saturated rings. The molecule has 7 nitrogen and oxygen atoms in total. The minimum atomic E-state index is -4.36. The van der Waals surface area contributed by atoms with Gasteiger partial charge in [0.2, 0.25) is 0 Å². The van der Waals surface area contributed by atoms with E-state index in [-0.39, 0.29) is 4.90 Å². The Morgan fingerprint density at radius 1 is 0.920 bits per heavy atom. The first-order chi connectivity index (χ1) is 11.6. The molecule has 0 aliphatic heterocycles. The van der Waals surface area contributed by atoms with Crippen LogP contribution >= 0.6 is 0 Å². The highest BCUT2D eigenvalue weighted by atomic mass is 32.2. The standard InChI is InChI=1S/C16H17NO6S2/c1-12(13-8-4-3-5-9-13)16(18)23-17-25(21,22)15-11-7-6-10-14(15)24(2,19)20/h3-12,17H,1-2H3. The topological polar surface area (TPSA) is 107 Å². The lowest BCUT2D eigenvalue weighted by Crippen LogP contribution is -2.30. The molecule has 0 saturated heterocycles. The first-order valence-corrected chi connectivity index (χ1v) is 10.6. The monoisotopic (exact) mass is 383 g/mol. The Labute approximate surface area is 146 Å². The van der Waals surface area contributed by atoms with E-state index in [1.54, 1.807) is 42.1 Å². The van der Waals surface area contributed by atoms with Crippen molar-refractivity contribution in [2.75, 3.05) is 6.26 Å². The van der Waals surface area contributed by atoms with E-state index in [1.165, 1.54) is 12.1 Å². The van der Waals surface area contributed by atoms with Gasteiger partial charge in [-0.1, -0.05) is 42.5 Å². The lowest BCUT2D eigenvalue weighted by molar-refractivity contribution is -0.148. The van der Waals surface area contributed by atoms with E-state index in [4.69, 9.17) is 0 Å². The minimum absolute atomic E-state index is 0.380. The van der Waals surface area contributed by atoms with Gasteiger partial charge in [0.25, 0.3) is 10.0 Å². The molecule has 1 N–H and O–H groups in total. The average Bonchev–Trinajstić information content (AvgIpc) is 2.59. The third-order valence-electron chi connectivity index (χ3n) is 3.44. The Morgan fingerprint density at radius 3 is 2.00 bits per heavy atom. The Morgan fingerprint density at radius 2 is 1.44 bits per heavy atom. The molecule has 0 saturated carbocycles. The van der Waals surface area contributed by atoms with E-state index in [2.05, 4.69) is 4.84 Å². The van der Waals surface area contributed by atoms with Gasteiger partial charge in [0.05, 0.1) is 10.8 Å². The molecular weight excluding hydrogens is 366 g/mol. The normalized spacial score (nSPS) is 13.2. The third kappa shape index (κ3) is 4.65. The van der Waals surface area contributed by atoms with Crippen LogP contribution in [-0.4, -0.2) is 29.1 Å². The van der Waals surface area contributed by atoms with Crippen LogP contribution in [0.25, 0.3) is 0 Å². The molecule has 0 spiro atoms. The van der Waals surface area contributed by atoms with Crippen LogP contribution in [0.2, 0.25) is 0 Å². The molecule has 2 aromatic rings. The number of hydrogen-bond acceptors (Lipinski definition) is 6. The number of rotatable bonds is 6. The zero-order valence-electron chi connectivity index (χ0n) is 13.5. The Bertz CT molecular complexity index is 969. The van der Waals surface area contributed by atoms with Crippen LogP contribution < -0.4 is 4.89 Å². The first kappa shape index (κ1) is 19.1. The summed E-state index contributed by atoms with van der Waals surface area (Å²) in [5, 5.41) is 0. The summed E-state index contributed by atoms with van der Waals surface area (Å²) in [5.41, 5.74) is 0.656. The van der Waals surface area contributed by atoms with Crippen molar-refractivity contribution in [3.8, 4) is 0 Å². The van der Waals surface area contributed by atoms with E-state index >= 15 is 0 Å². The van der Waals surface area contributed by atoms with Gasteiger partial charge >= 0.3 is 5.97 Å². The zero-order valence-corrected chi connectivity index (χ0v) is 15.2. The fraction of sp³-hybridized carbons (Fsp3) is 0.188. The van der Waals surface area contributed by atoms with E-state index < -0.39 is 36.6 Å². The predicted octanol–water partition coefficient (Wildman–Crippen LogP) is 1.63. The first-order valence-electron chi connectivity index (χ1n) is 7.19. The van der Waals surface area contributed by atoms with Crippen molar-refractivity contribution in [2.24, 2.45) is 0 Å². The van der Waals surface area contributed by atoms with Crippen molar-refractivity contribution in [2.45, 2.75) is 22.6 Å². The summed E-state index contributed by atoms with van der Waals surface area (Å²) in [6.45, 7) is 1.57. The van der Waals surface area contributed by atoms with E-state index in [1.807, 2.05) is 0 Å². The largest absolute Gasteiger partial charge is 0.355 e. The van der Waals surface area contributed by atoms with Crippen LogP contribution in [-0.2, 0) is 29.5 Å². The fourth-order valence-electron chi connectivity index (χ4n) is 2.09. The SMILES string of the molecule is CC(C(=O)ONS(=O)(=O)c1ccccc1S(C)(=O)=O)c1ccccc1. The predicted molar refractivity (Wildman–Crippen MR) is 90.8 cm³/mol. The Kier molecular flexibility index (Phi) is 5.61. The van der Waals surface area contributed by atoms with Gasteiger partial charge in [-0.25, -0.2) is 21.6 Å². The van der Waals surface area contributed by atoms with Crippen LogP contribution in [0.15, 0.2) is 64.4 Å². The van der Waals surface area contributed by atoms with Crippen molar-refractivity contribution in [1.82, 2.24) is 4.89 Å². The maximum Gasteiger partial charge on any atom is 0.333 e. The van der Waals surface area contributed by atoms with Crippen molar-refractivity contribution in [3.05, 3.63) is 60.2 Å². The van der Waals surface area contributed by atoms with E-state index in [0.29, 0.717) is 5.56 Å². The lowest BCUT2D eigenvalue weighted by Gasteiger charge is -2.13. The van der Waals surface area contributed by atoms with Gasteiger partial charge in [0.1, 0.15) is 4.90 Å². The van der Waals surface area contributed by atoms with Gasteiger partial charge in [-0.15, -0.1) is 0 Å². The van der Waals surface area contributed by atoms with E-state index in [9.17, 15) is 21.6 Å². The summed E-state index contributed by atoms with van der Waals surface area (Å²) in [5.74, 6) is -1.51. The number of hydrogen-bond donors (Lipinski definition) is 1. The maximum atomic E-state index is 12.3. The summed E-state index contributed by atoms with van der Waals surface area (Å²) >= 11 is 0. The molecule has 1 unspecified atom stereocenters. The number of nitrogens with one attached hydrogen (secondary N) is 1. The quantitative estimate of drug-likeness (QED) is 0.760. The molecule has 0 heterocycles. The van der Waals surface area contributed by atoms with Crippen molar-refractivity contribution < 1.29 is 26.5 Å². The second kappa shape index (κ2) is 7.34. The average molecular weight is 383 g/mol. The second-order valence-electron chi connectivity index (χ2n) is 5.36. The maximum absolute atomic E-state index is 12.3. The summed E-state index contributed by atoms with van der Waals surface area (Å²) in [4.78, 5) is 17.5. The molecule has 2 aromatic carbocycles. The summed E-state index contributed by atoms with van der Waals surface area (Å²) in [7, 11) is -8.13. The smallest absolute Gasteiger partial charge is 0.333 e. The number of sulfone groups is 1. The summed E-state index contributed by atoms with van der Waals surface area (Å²) in [6, 6.07) is 13.7. The molecule has 0 aromatic heterocycles. The molecule has 0 aliphatic carbocycles. The highest BCUT2D eigenvalue weighted by Crippen LogP contribution is 2.21. The molecule has 1 atom stereocenters. The minimum Gasteiger partial charge on any atom is -0.355 e. The molecule has 0 radical (unpaired) electrons. The van der Waals surface area contributed by atoms with Gasteiger partial charge in [0.15, 0.2) is 9.84 Å². The Balaban J connectivity index is 2.19. The van der Waals surface area contributed by atoms with Crippen molar-refractivity contribution in [3.63, 3.8) is 0 Å². The summed E-state index contributed by atoms with van der Waals surface area (Å²) < 4.78 is 48.1. The molecule has 134 valence electrons. The van der Waals surface area contributed by atoms with Gasteiger partial charge in [-0.2, -0.15) is 0 Å². The number of carbonyl (C=O) groups excluding carboxylic acids is 1. The fourth-order valence-corrected chi connectivity index (χ4v) is 4.50. The molecule has 0 aliphatic rings. The molecule has 0 amide bonds. The van der Waals surface area contributed by atoms with Gasteiger partial charge in [0, 0.05) is 6.26 Å². The second-order valence-corrected chi connectivity index (χ2v) is 8.96. The number of benzene rings is 2. The molecule has 0 bridgehead atoms. The lowest BCUT2D eigenvalue weighted by atomic mass is 10.0. The molecule has 25 heavy (non-hydrogen) atoms. The van der Waals surface area contributed by atoms with Crippen LogP contribution in [0.1, 0.15) is 18.4 Å². The van der Waals surface area contributed by atoms with Crippen LogP contribution in [0.4, 0.5) is 0 Å². The number of sulfonamides is 1. The Hall–Kier alpha value is -2.23. The summed E-state index contributed by atoms with van der Waals surface area (Å²) in [6.07, 6.45) is 0.894. The van der Waals surface area contributed by atoms with Gasteiger partial charge < -0.3 is 4.84 Å². The third-order valence-corrected chi connectivity index (χ3v) is 5.97. The van der Waals surface area contributed by atoms with Crippen LogP contribution in [0, 0.1) is 0 Å². The van der Waals surface area contributed by atoms with Gasteiger partial charge in [-0.05, 0) is 29.5 Å². The van der Waals surface area contributed by atoms with Gasteiger partial charge in [-0.3, -0.25) is 0 Å². The highest BCUT2D eigenvalue weighted by Gasteiger charge is 2.26. The van der Waals surface area contributed by atoms with Crippen LogP contribution in [0.3, 0.4) is 0 Å². The molecule has 9 heteroatoms. The number of carbonyl (C=O) groups is 1. The molecular formula is C16H17NO6S2. The van der Waals surface area contributed by atoms with Crippen LogP contribution in [0.5, 0.6) is 0 Å². The van der Waals surface area contributed by atoms with Crippen molar-refractivity contribution in [1.29, 1.82) is 0 Å². The zero-order chi connectivity index (χ0) is 18.7. The van der Waals surface area contributed by atoms with Crippen molar-refractivity contribution >= 4 is 25.8 Å². The van der Waals surface area contributed by atoms with E-state index in [0.717, 1.165) is 18.4 Å².